The molecule has 9 nitrogen and oxygen atoms in total. The number of amides is 2. The van der Waals surface area contributed by atoms with Gasteiger partial charge in [0.05, 0.1) is 6.20 Å². The smallest absolute Gasteiger partial charge is 0.407 e. The Hall–Kier alpha value is -4.14. The highest BCUT2D eigenvalue weighted by Gasteiger charge is 2.30. The number of carboxylic acids is 1. The zero-order valence-electron chi connectivity index (χ0n) is 17.1. The third-order valence-electron chi connectivity index (χ3n) is 5.36. The number of aromatic amines is 1. The molecule has 2 aromatic carbocycles. The third kappa shape index (κ3) is 4.61. The first-order chi connectivity index (χ1) is 15.5. The van der Waals surface area contributed by atoms with E-state index in [2.05, 4.69) is 20.8 Å². The summed E-state index contributed by atoms with van der Waals surface area (Å²) in [5.74, 6) is -1.42. The summed E-state index contributed by atoms with van der Waals surface area (Å²) < 4.78 is 5.46. The number of ether oxygens (including phenoxy) is 1. The lowest BCUT2D eigenvalue weighted by Gasteiger charge is -2.19. The Labute approximate surface area is 183 Å². The highest BCUT2D eigenvalue weighted by Crippen LogP contribution is 2.44. The Morgan fingerprint density at radius 1 is 1.03 bits per heavy atom. The van der Waals surface area contributed by atoms with Gasteiger partial charge >= 0.3 is 12.1 Å². The minimum Gasteiger partial charge on any atom is -0.481 e. The number of nitrogens with one attached hydrogen (secondary N) is 3. The summed E-state index contributed by atoms with van der Waals surface area (Å²) in [5, 5.41) is 20.3. The number of hydrogen-bond donors (Lipinski definition) is 4. The molecule has 1 aliphatic rings. The summed E-state index contributed by atoms with van der Waals surface area (Å²) in [5.41, 5.74) is 4.35. The molecule has 0 fully saturated rings. The molecule has 9 heteroatoms. The Bertz CT molecular complexity index is 1080. The summed E-state index contributed by atoms with van der Waals surface area (Å²) in [6.07, 6.45) is 0.299. The molecule has 1 heterocycles. The third-order valence-corrected chi connectivity index (χ3v) is 5.36. The summed E-state index contributed by atoms with van der Waals surface area (Å²) in [7, 11) is 0. The fourth-order valence-electron chi connectivity index (χ4n) is 3.86. The molecule has 32 heavy (non-hydrogen) atoms. The number of fused-ring (bicyclic) bond motifs is 3. The maximum absolute atomic E-state index is 12.5. The molecule has 0 saturated heterocycles. The number of alkyl carbamates (subject to hydrolysis) is 1. The van der Waals surface area contributed by atoms with Gasteiger partial charge in [-0.25, -0.2) is 4.79 Å². The van der Waals surface area contributed by atoms with E-state index < -0.39 is 24.0 Å². The number of hydrogen-bond acceptors (Lipinski definition) is 5. The molecule has 0 radical (unpaired) electrons. The number of carboxylic acid groups (broad SMARTS) is 1. The maximum Gasteiger partial charge on any atom is 0.407 e. The molecule has 4 rings (SSSR count). The molecule has 3 aromatic rings. The lowest BCUT2D eigenvalue weighted by Crippen LogP contribution is -2.44. The van der Waals surface area contributed by atoms with Crippen molar-refractivity contribution in [2.45, 2.75) is 24.8 Å². The Morgan fingerprint density at radius 2 is 1.69 bits per heavy atom. The number of carbonyl (C=O) groups excluding carboxylic acids is 2. The van der Waals surface area contributed by atoms with Gasteiger partial charge in [0.2, 0.25) is 5.91 Å². The van der Waals surface area contributed by atoms with E-state index in [-0.39, 0.29) is 25.4 Å². The van der Waals surface area contributed by atoms with Crippen molar-refractivity contribution in [1.82, 2.24) is 15.5 Å². The van der Waals surface area contributed by atoms with Gasteiger partial charge in [0.25, 0.3) is 0 Å². The first-order valence-corrected chi connectivity index (χ1v) is 10.2. The molecule has 0 aliphatic heterocycles. The van der Waals surface area contributed by atoms with Crippen molar-refractivity contribution >= 4 is 23.8 Å². The minimum atomic E-state index is -1.08. The van der Waals surface area contributed by atoms with Gasteiger partial charge in [0.15, 0.2) is 0 Å². The van der Waals surface area contributed by atoms with Gasteiger partial charge in [-0.2, -0.15) is 5.10 Å². The minimum absolute atomic E-state index is 0.0838. The Morgan fingerprint density at radius 3 is 2.28 bits per heavy atom. The van der Waals surface area contributed by atoms with Gasteiger partial charge in [0, 0.05) is 18.4 Å². The van der Waals surface area contributed by atoms with Gasteiger partial charge in [-0.1, -0.05) is 48.5 Å². The first kappa shape index (κ1) is 21.1. The van der Waals surface area contributed by atoms with E-state index in [0.29, 0.717) is 5.82 Å². The summed E-state index contributed by atoms with van der Waals surface area (Å²) in [6, 6.07) is 16.4. The van der Waals surface area contributed by atoms with Gasteiger partial charge in [-0.3, -0.25) is 14.7 Å². The average molecular weight is 434 g/mol. The van der Waals surface area contributed by atoms with E-state index >= 15 is 0 Å². The largest absolute Gasteiger partial charge is 0.481 e. The predicted molar refractivity (Wildman–Crippen MR) is 116 cm³/mol. The van der Waals surface area contributed by atoms with Crippen LogP contribution in [0.3, 0.4) is 0 Å². The second-order valence-electron chi connectivity index (χ2n) is 7.41. The molecule has 0 saturated carbocycles. The van der Waals surface area contributed by atoms with Crippen LogP contribution in [0.5, 0.6) is 0 Å². The molecule has 0 bridgehead atoms. The number of aromatic nitrogens is 2. The average Bonchev–Trinajstić information content (AvgIpc) is 3.41. The van der Waals surface area contributed by atoms with Crippen molar-refractivity contribution in [2.75, 3.05) is 11.9 Å². The molecule has 1 aliphatic carbocycles. The van der Waals surface area contributed by atoms with Crippen LogP contribution in [0.25, 0.3) is 11.1 Å². The van der Waals surface area contributed by atoms with Crippen LogP contribution in [0.2, 0.25) is 0 Å². The molecular weight excluding hydrogens is 412 g/mol. The summed E-state index contributed by atoms with van der Waals surface area (Å²) in [4.78, 5) is 36.0. The molecule has 4 N–H and O–H groups in total. The van der Waals surface area contributed by atoms with Crippen LogP contribution in [0.1, 0.15) is 29.9 Å². The Kier molecular flexibility index (Phi) is 6.16. The quantitative estimate of drug-likeness (QED) is 0.430. The first-order valence-electron chi connectivity index (χ1n) is 10.2. The van der Waals surface area contributed by atoms with E-state index in [1.54, 1.807) is 6.07 Å². The van der Waals surface area contributed by atoms with Crippen LogP contribution >= 0.6 is 0 Å². The second-order valence-corrected chi connectivity index (χ2v) is 7.41. The molecule has 1 atom stereocenters. The van der Waals surface area contributed by atoms with E-state index in [4.69, 9.17) is 9.84 Å². The Balaban J connectivity index is 1.42. The number of anilines is 1. The summed E-state index contributed by atoms with van der Waals surface area (Å²) >= 11 is 0. The molecule has 2 amide bonds. The fourth-order valence-corrected chi connectivity index (χ4v) is 3.86. The number of carbonyl (C=O) groups is 3. The molecule has 1 unspecified atom stereocenters. The van der Waals surface area contributed by atoms with Gasteiger partial charge in [-0.05, 0) is 28.7 Å². The highest BCUT2D eigenvalue weighted by molar-refractivity contribution is 5.96. The number of aliphatic carboxylic acids is 1. The topological polar surface area (TPSA) is 133 Å². The summed E-state index contributed by atoms with van der Waals surface area (Å²) in [6.45, 7) is 0.0910. The molecule has 1 aromatic heterocycles. The van der Waals surface area contributed by atoms with Crippen LogP contribution in [-0.2, 0) is 14.3 Å². The van der Waals surface area contributed by atoms with Crippen molar-refractivity contribution in [3.63, 3.8) is 0 Å². The molecule has 164 valence electrons. The standard InChI is InChI=1S/C23H22N4O5/c28-21(29)10-9-19(22(30)26-20-11-12-24-27-20)25-23(31)32-13-18-16-7-3-1-5-14(16)15-6-2-4-8-17(15)18/h1-8,11-12,18-19H,9-10,13H2,(H,25,31)(H,28,29)(H2,24,26,27,30). The lowest BCUT2D eigenvalue weighted by atomic mass is 9.98. The number of benzene rings is 2. The fraction of sp³-hybridized carbons (Fsp3) is 0.217. The van der Waals surface area contributed by atoms with E-state index in [1.807, 2.05) is 48.5 Å². The number of nitrogens with zero attached hydrogens (tertiary/aromatic N) is 1. The van der Waals surface area contributed by atoms with Gasteiger partial charge in [-0.15, -0.1) is 0 Å². The van der Waals surface area contributed by atoms with E-state index in [0.717, 1.165) is 22.3 Å². The van der Waals surface area contributed by atoms with Crippen molar-refractivity contribution in [1.29, 1.82) is 0 Å². The van der Waals surface area contributed by atoms with E-state index in [1.165, 1.54) is 6.20 Å². The highest BCUT2D eigenvalue weighted by atomic mass is 16.5. The zero-order chi connectivity index (χ0) is 22.5. The van der Waals surface area contributed by atoms with Gasteiger partial charge < -0.3 is 20.5 Å². The monoisotopic (exact) mass is 434 g/mol. The zero-order valence-corrected chi connectivity index (χ0v) is 17.1. The van der Waals surface area contributed by atoms with Crippen molar-refractivity contribution in [3.05, 3.63) is 71.9 Å². The van der Waals surface area contributed by atoms with Crippen molar-refractivity contribution in [2.24, 2.45) is 0 Å². The number of rotatable bonds is 8. The van der Waals surface area contributed by atoms with Crippen LogP contribution in [-0.4, -0.2) is 45.9 Å². The maximum atomic E-state index is 12.5. The number of H-pyrrole nitrogens is 1. The molecular formula is C23H22N4O5. The van der Waals surface area contributed by atoms with Crippen LogP contribution in [0.15, 0.2) is 60.8 Å². The molecule has 0 spiro atoms. The van der Waals surface area contributed by atoms with Crippen LogP contribution in [0, 0.1) is 0 Å². The lowest BCUT2D eigenvalue weighted by molar-refractivity contribution is -0.137. The predicted octanol–water partition coefficient (Wildman–Crippen LogP) is 3.12. The van der Waals surface area contributed by atoms with Gasteiger partial charge in [0.1, 0.15) is 18.5 Å². The van der Waals surface area contributed by atoms with Crippen molar-refractivity contribution in [3.8, 4) is 11.1 Å². The van der Waals surface area contributed by atoms with Crippen LogP contribution in [0.4, 0.5) is 10.6 Å². The van der Waals surface area contributed by atoms with Crippen LogP contribution < -0.4 is 10.6 Å². The van der Waals surface area contributed by atoms with E-state index in [9.17, 15) is 14.4 Å². The normalized spacial score (nSPS) is 13.0. The SMILES string of the molecule is O=C(O)CCC(NC(=O)OCC1c2ccccc2-c2ccccc21)C(=O)Nc1ccn[nH]1. The second kappa shape index (κ2) is 9.34. The van der Waals surface area contributed by atoms with Crippen molar-refractivity contribution < 1.29 is 24.2 Å².